The van der Waals surface area contributed by atoms with E-state index < -0.39 is 0 Å². The summed E-state index contributed by atoms with van der Waals surface area (Å²) >= 11 is 3.38. The highest BCUT2D eigenvalue weighted by Gasteiger charge is 2.18. The van der Waals surface area contributed by atoms with Gasteiger partial charge in [0.05, 0.1) is 0 Å². The summed E-state index contributed by atoms with van der Waals surface area (Å²) in [4.78, 5) is 0. The van der Waals surface area contributed by atoms with E-state index in [0.717, 1.165) is 11.1 Å². The third-order valence-corrected chi connectivity index (χ3v) is 4.12. The molecule has 0 fully saturated rings. The third-order valence-electron chi connectivity index (χ3n) is 3.43. The van der Waals surface area contributed by atoms with E-state index in [1.807, 2.05) is 6.92 Å². The number of rotatable bonds is 4. The Bertz CT molecular complexity index is 593. The highest BCUT2D eigenvalue weighted by atomic mass is 79.9. The number of hydrogen-bond acceptors (Lipinski definition) is 1. The molecule has 2 rings (SSSR count). The molecule has 0 spiro atoms. The van der Waals surface area contributed by atoms with Crippen LogP contribution in [0.4, 0.5) is 8.78 Å². The first kappa shape index (κ1) is 15.1. The monoisotopic (exact) mass is 339 g/mol. The van der Waals surface area contributed by atoms with Gasteiger partial charge in [-0.1, -0.05) is 28.1 Å². The van der Waals surface area contributed by atoms with Crippen molar-refractivity contribution in [2.75, 3.05) is 7.05 Å². The second kappa shape index (κ2) is 6.46. The van der Waals surface area contributed by atoms with E-state index >= 15 is 0 Å². The Hall–Kier alpha value is -1.26. The zero-order chi connectivity index (χ0) is 14.7. The zero-order valence-electron chi connectivity index (χ0n) is 11.4. The average Bonchev–Trinajstić information content (AvgIpc) is 2.41. The van der Waals surface area contributed by atoms with Crippen molar-refractivity contribution >= 4 is 15.9 Å². The number of hydrogen-bond donors (Lipinski definition) is 1. The van der Waals surface area contributed by atoms with Crippen LogP contribution in [0.25, 0.3) is 0 Å². The van der Waals surface area contributed by atoms with Gasteiger partial charge in [0.2, 0.25) is 0 Å². The largest absolute Gasteiger partial charge is 0.313 e. The van der Waals surface area contributed by atoms with E-state index in [-0.39, 0.29) is 17.7 Å². The van der Waals surface area contributed by atoms with E-state index in [0.29, 0.717) is 16.5 Å². The molecule has 0 aromatic heterocycles. The minimum absolute atomic E-state index is 0.217. The number of halogens is 3. The Morgan fingerprint density at radius 2 is 1.95 bits per heavy atom. The molecule has 0 amide bonds. The van der Waals surface area contributed by atoms with Crippen molar-refractivity contribution in [1.29, 1.82) is 0 Å². The summed E-state index contributed by atoms with van der Waals surface area (Å²) in [7, 11) is 1.78. The van der Waals surface area contributed by atoms with Gasteiger partial charge in [0.15, 0.2) is 0 Å². The maximum Gasteiger partial charge on any atom is 0.129 e. The number of nitrogens with one attached hydrogen (secondary N) is 1. The van der Waals surface area contributed by atoms with Gasteiger partial charge < -0.3 is 5.32 Å². The second-order valence-electron chi connectivity index (χ2n) is 4.75. The van der Waals surface area contributed by atoms with Gasteiger partial charge in [0.1, 0.15) is 11.6 Å². The molecule has 106 valence electrons. The second-order valence-corrected chi connectivity index (χ2v) is 5.61. The van der Waals surface area contributed by atoms with E-state index in [9.17, 15) is 8.78 Å². The predicted molar refractivity (Wildman–Crippen MR) is 80.7 cm³/mol. The molecule has 1 unspecified atom stereocenters. The van der Waals surface area contributed by atoms with Gasteiger partial charge in [0, 0.05) is 16.1 Å². The summed E-state index contributed by atoms with van der Waals surface area (Å²) < 4.78 is 28.1. The van der Waals surface area contributed by atoms with Gasteiger partial charge in [-0.15, -0.1) is 0 Å². The highest BCUT2D eigenvalue weighted by molar-refractivity contribution is 9.10. The first-order valence-corrected chi connectivity index (χ1v) is 7.18. The topological polar surface area (TPSA) is 12.0 Å². The predicted octanol–water partition coefficient (Wildman–Crippen LogP) is 4.54. The molecule has 0 radical (unpaired) electrons. The zero-order valence-corrected chi connectivity index (χ0v) is 13.0. The molecule has 20 heavy (non-hydrogen) atoms. The van der Waals surface area contributed by atoms with E-state index in [1.54, 1.807) is 25.2 Å². The van der Waals surface area contributed by atoms with Crippen LogP contribution in [0.5, 0.6) is 0 Å². The van der Waals surface area contributed by atoms with Crippen molar-refractivity contribution in [2.24, 2.45) is 0 Å². The standard InChI is InChI=1S/C16H16BrF2N/c1-10-6-7-12(18)8-11(10)9-15(20-2)16-13(17)4-3-5-14(16)19/h3-8,15,20H,9H2,1-2H3. The van der Waals surface area contributed by atoms with Gasteiger partial charge >= 0.3 is 0 Å². The van der Waals surface area contributed by atoms with Crippen molar-refractivity contribution in [3.63, 3.8) is 0 Å². The van der Waals surface area contributed by atoms with Crippen LogP contribution >= 0.6 is 15.9 Å². The number of likely N-dealkylation sites (N-methyl/N-ethyl adjacent to an activating group) is 1. The lowest BCUT2D eigenvalue weighted by Gasteiger charge is -2.20. The molecule has 2 aromatic rings. The summed E-state index contributed by atoms with van der Waals surface area (Å²) in [6.45, 7) is 1.93. The minimum Gasteiger partial charge on any atom is -0.313 e. The van der Waals surface area contributed by atoms with Crippen LogP contribution in [0.1, 0.15) is 22.7 Å². The first-order valence-electron chi connectivity index (χ1n) is 6.39. The van der Waals surface area contributed by atoms with Crippen molar-refractivity contribution in [3.8, 4) is 0 Å². The molecule has 1 N–H and O–H groups in total. The van der Waals surface area contributed by atoms with E-state index in [2.05, 4.69) is 21.2 Å². The molecule has 0 saturated carbocycles. The van der Waals surface area contributed by atoms with Crippen LogP contribution in [-0.4, -0.2) is 7.05 Å². The maximum atomic E-state index is 14.0. The fourth-order valence-electron chi connectivity index (χ4n) is 2.27. The third kappa shape index (κ3) is 3.25. The van der Waals surface area contributed by atoms with Gasteiger partial charge in [-0.3, -0.25) is 0 Å². The lowest BCUT2D eigenvalue weighted by atomic mass is 9.96. The first-order chi connectivity index (χ1) is 9.52. The van der Waals surface area contributed by atoms with Gasteiger partial charge in [0.25, 0.3) is 0 Å². The normalized spacial score (nSPS) is 12.4. The van der Waals surface area contributed by atoms with Crippen LogP contribution in [-0.2, 0) is 6.42 Å². The van der Waals surface area contributed by atoms with Crippen molar-refractivity contribution in [1.82, 2.24) is 5.32 Å². The van der Waals surface area contributed by atoms with Gasteiger partial charge in [-0.2, -0.15) is 0 Å². The van der Waals surface area contributed by atoms with Crippen molar-refractivity contribution in [3.05, 3.63) is 69.2 Å². The Morgan fingerprint density at radius 3 is 2.60 bits per heavy atom. The molecular formula is C16H16BrF2N. The summed E-state index contributed by atoms with van der Waals surface area (Å²) in [6.07, 6.45) is 0.527. The molecule has 4 heteroatoms. The molecule has 0 bridgehead atoms. The van der Waals surface area contributed by atoms with Gasteiger partial charge in [-0.05, 0) is 55.8 Å². The van der Waals surface area contributed by atoms with E-state index in [4.69, 9.17) is 0 Å². The fourth-order valence-corrected chi connectivity index (χ4v) is 2.89. The minimum atomic E-state index is -0.271. The van der Waals surface area contributed by atoms with Crippen LogP contribution in [0, 0.1) is 18.6 Å². The molecule has 0 aliphatic carbocycles. The summed E-state index contributed by atoms with van der Waals surface area (Å²) in [5.41, 5.74) is 2.44. The van der Waals surface area contributed by atoms with Crippen LogP contribution in [0.3, 0.4) is 0 Å². The van der Waals surface area contributed by atoms with E-state index in [1.165, 1.54) is 18.2 Å². The number of benzene rings is 2. The Morgan fingerprint density at radius 1 is 1.20 bits per heavy atom. The lowest BCUT2D eigenvalue weighted by molar-refractivity contribution is 0.529. The Labute approximate surface area is 126 Å². The summed E-state index contributed by atoms with van der Waals surface area (Å²) in [5, 5.41) is 3.10. The molecule has 1 atom stereocenters. The number of aryl methyl sites for hydroxylation is 1. The Kier molecular flexibility index (Phi) is 4.89. The quantitative estimate of drug-likeness (QED) is 0.862. The summed E-state index contributed by atoms with van der Waals surface area (Å²) in [5.74, 6) is -0.541. The van der Waals surface area contributed by atoms with Gasteiger partial charge in [-0.25, -0.2) is 8.78 Å². The molecule has 1 nitrogen and oxygen atoms in total. The molecule has 0 saturated heterocycles. The molecule has 2 aromatic carbocycles. The van der Waals surface area contributed by atoms with Crippen LogP contribution in [0.15, 0.2) is 40.9 Å². The van der Waals surface area contributed by atoms with Crippen molar-refractivity contribution < 1.29 is 8.78 Å². The molecule has 0 aliphatic heterocycles. The highest BCUT2D eigenvalue weighted by Crippen LogP contribution is 2.29. The van der Waals surface area contributed by atoms with Crippen molar-refractivity contribution in [2.45, 2.75) is 19.4 Å². The fraction of sp³-hybridized carbons (Fsp3) is 0.250. The smallest absolute Gasteiger partial charge is 0.129 e. The van der Waals surface area contributed by atoms with Crippen LogP contribution < -0.4 is 5.32 Å². The van der Waals surface area contributed by atoms with Crippen LogP contribution in [0.2, 0.25) is 0 Å². The Balaban J connectivity index is 2.36. The molecular weight excluding hydrogens is 324 g/mol. The SMILES string of the molecule is CNC(Cc1cc(F)ccc1C)c1c(F)cccc1Br. The average molecular weight is 340 g/mol. The molecule has 0 aliphatic rings. The molecule has 0 heterocycles. The summed E-state index contributed by atoms with van der Waals surface area (Å²) in [6, 6.07) is 9.37. The maximum absolute atomic E-state index is 14.0. The lowest BCUT2D eigenvalue weighted by Crippen LogP contribution is -2.21.